The number of nitrogens with zero attached hydrogens (tertiary/aromatic N) is 4. The largest absolute Gasteiger partial charge is 0.492 e. The van der Waals surface area contributed by atoms with Gasteiger partial charge in [-0.05, 0) is 55.3 Å². The molecule has 4 aromatic rings. The molecule has 37 heavy (non-hydrogen) atoms. The molecule has 1 fully saturated rings. The van der Waals surface area contributed by atoms with Gasteiger partial charge in [0.05, 0.1) is 43.7 Å². The van der Waals surface area contributed by atoms with Crippen LogP contribution in [-0.4, -0.2) is 40.5 Å². The van der Waals surface area contributed by atoms with Crippen molar-refractivity contribution in [1.82, 2.24) is 14.8 Å². The summed E-state index contributed by atoms with van der Waals surface area (Å²) in [7, 11) is 0. The predicted octanol–water partition coefficient (Wildman–Crippen LogP) is 5.15. The third-order valence-corrected chi connectivity index (χ3v) is 6.41. The summed E-state index contributed by atoms with van der Waals surface area (Å²) in [6, 6.07) is 16.9. The Kier molecular flexibility index (Phi) is 6.97. The molecule has 8 heteroatoms. The molecule has 1 atom stereocenters. The molecule has 0 bridgehead atoms. The molecule has 0 spiro atoms. The SMILES string of the molecule is Cc1ccc(NC(=O)c2cccc(C(C)C#N)c2)cc1-n1cc(-c2cnccc2OCC2COC2)cn1. The maximum Gasteiger partial charge on any atom is 0.255 e. The lowest BCUT2D eigenvalue weighted by Crippen LogP contribution is -2.32. The quantitative estimate of drug-likeness (QED) is 0.364. The van der Waals surface area contributed by atoms with Gasteiger partial charge in [-0.15, -0.1) is 0 Å². The molecule has 2 aromatic carbocycles. The number of hydrogen-bond acceptors (Lipinski definition) is 6. The molecule has 0 aliphatic carbocycles. The van der Waals surface area contributed by atoms with Crippen molar-refractivity contribution in [1.29, 1.82) is 5.26 Å². The minimum atomic E-state index is -0.286. The molecule has 1 aliphatic rings. The van der Waals surface area contributed by atoms with E-state index in [1.165, 1.54) is 0 Å². The second-order valence-corrected chi connectivity index (χ2v) is 9.19. The normalized spacial score (nSPS) is 13.9. The van der Waals surface area contributed by atoms with Crippen LogP contribution in [0.15, 0.2) is 73.3 Å². The summed E-state index contributed by atoms with van der Waals surface area (Å²) in [4.78, 5) is 17.2. The van der Waals surface area contributed by atoms with Crippen molar-refractivity contribution in [3.63, 3.8) is 0 Å². The fourth-order valence-electron chi connectivity index (χ4n) is 4.07. The summed E-state index contributed by atoms with van der Waals surface area (Å²) >= 11 is 0. The number of benzene rings is 2. The van der Waals surface area contributed by atoms with Gasteiger partial charge in [0.15, 0.2) is 0 Å². The molecular formula is C29H27N5O3. The highest BCUT2D eigenvalue weighted by Gasteiger charge is 2.20. The Morgan fingerprint density at radius 1 is 1.24 bits per heavy atom. The van der Waals surface area contributed by atoms with Crippen LogP contribution in [0.2, 0.25) is 0 Å². The average Bonchev–Trinajstić information content (AvgIpc) is 3.38. The second kappa shape index (κ2) is 10.6. The first-order valence-corrected chi connectivity index (χ1v) is 12.1. The van der Waals surface area contributed by atoms with Gasteiger partial charge < -0.3 is 14.8 Å². The van der Waals surface area contributed by atoms with Crippen molar-refractivity contribution >= 4 is 11.6 Å². The van der Waals surface area contributed by atoms with Crippen LogP contribution in [0.1, 0.15) is 34.3 Å². The predicted molar refractivity (Wildman–Crippen MR) is 140 cm³/mol. The van der Waals surface area contributed by atoms with Gasteiger partial charge in [0, 0.05) is 46.9 Å². The number of aryl methyl sites for hydroxylation is 1. The lowest BCUT2D eigenvalue weighted by molar-refractivity contribution is -0.0507. The number of rotatable bonds is 8. The zero-order valence-electron chi connectivity index (χ0n) is 20.7. The molecule has 1 amide bonds. The maximum atomic E-state index is 12.9. The van der Waals surface area contributed by atoms with Gasteiger partial charge in [-0.1, -0.05) is 18.2 Å². The Hall–Kier alpha value is -4.48. The minimum Gasteiger partial charge on any atom is -0.492 e. The van der Waals surface area contributed by atoms with Gasteiger partial charge in [-0.3, -0.25) is 9.78 Å². The van der Waals surface area contributed by atoms with Crippen molar-refractivity contribution in [2.75, 3.05) is 25.1 Å². The summed E-state index contributed by atoms with van der Waals surface area (Å²) in [6.07, 6.45) is 7.20. The molecule has 8 nitrogen and oxygen atoms in total. The van der Waals surface area contributed by atoms with E-state index in [2.05, 4.69) is 21.5 Å². The van der Waals surface area contributed by atoms with Crippen LogP contribution in [-0.2, 0) is 4.74 Å². The Bertz CT molecular complexity index is 1470. The Labute approximate surface area is 215 Å². The molecule has 0 radical (unpaired) electrons. The highest BCUT2D eigenvalue weighted by molar-refractivity contribution is 6.04. The van der Waals surface area contributed by atoms with Crippen LogP contribution in [0.3, 0.4) is 0 Å². The Morgan fingerprint density at radius 2 is 2.11 bits per heavy atom. The van der Waals surface area contributed by atoms with Crippen LogP contribution >= 0.6 is 0 Å². The van der Waals surface area contributed by atoms with E-state index in [1.807, 2.05) is 50.4 Å². The number of carbonyl (C=O) groups excluding carboxylic acids is 1. The number of anilines is 1. The zero-order valence-corrected chi connectivity index (χ0v) is 20.7. The molecule has 186 valence electrons. The molecule has 2 aromatic heterocycles. The van der Waals surface area contributed by atoms with E-state index in [1.54, 1.807) is 41.5 Å². The number of carbonyl (C=O) groups is 1. The molecule has 3 heterocycles. The molecule has 0 saturated carbocycles. The van der Waals surface area contributed by atoms with E-state index in [0.717, 1.165) is 46.9 Å². The first kappa shape index (κ1) is 24.2. The first-order chi connectivity index (χ1) is 18.0. The third-order valence-electron chi connectivity index (χ3n) is 6.41. The fourth-order valence-corrected chi connectivity index (χ4v) is 4.07. The van der Waals surface area contributed by atoms with E-state index < -0.39 is 0 Å². The summed E-state index contributed by atoms with van der Waals surface area (Å²) in [5, 5.41) is 16.7. The maximum absolute atomic E-state index is 12.9. The Balaban J connectivity index is 1.36. The van der Waals surface area contributed by atoms with E-state index >= 15 is 0 Å². The van der Waals surface area contributed by atoms with Crippen molar-refractivity contribution in [2.45, 2.75) is 19.8 Å². The summed E-state index contributed by atoms with van der Waals surface area (Å²) < 4.78 is 13.1. The van der Waals surface area contributed by atoms with Crippen LogP contribution in [0.4, 0.5) is 5.69 Å². The number of nitriles is 1. The minimum absolute atomic E-state index is 0.239. The topological polar surface area (TPSA) is 102 Å². The van der Waals surface area contributed by atoms with Crippen LogP contribution < -0.4 is 10.1 Å². The van der Waals surface area contributed by atoms with E-state index in [4.69, 9.17) is 9.47 Å². The van der Waals surface area contributed by atoms with Gasteiger partial charge in [-0.25, -0.2) is 4.68 Å². The Morgan fingerprint density at radius 3 is 2.89 bits per heavy atom. The standard InChI is InChI=1S/C29H27N5O3/c1-19-6-7-25(33-29(35)23-5-3-4-22(10-23)20(2)12-30)11-27(19)34-15-24(13-32-34)26-14-31-9-8-28(26)37-18-21-16-36-17-21/h3-11,13-15,20-21H,16-18H2,1-2H3,(H,33,35). The number of nitrogens with one attached hydrogen (secondary N) is 1. The van der Waals surface area contributed by atoms with Gasteiger partial charge in [-0.2, -0.15) is 10.4 Å². The highest BCUT2D eigenvalue weighted by atomic mass is 16.5. The van der Waals surface area contributed by atoms with E-state index in [0.29, 0.717) is 23.8 Å². The van der Waals surface area contributed by atoms with E-state index in [-0.39, 0.29) is 11.8 Å². The molecule has 5 rings (SSSR count). The van der Waals surface area contributed by atoms with Crippen molar-refractivity contribution < 1.29 is 14.3 Å². The van der Waals surface area contributed by atoms with E-state index in [9.17, 15) is 10.1 Å². The summed E-state index contributed by atoms with van der Waals surface area (Å²) in [6.45, 7) is 5.87. The molecule has 1 N–H and O–H groups in total. The molecule has 1 unspecified atom stereocenters. The summed E-state index contributed by atoms with van der Waals surface area (Å²) in [5.41, 5.74) is 5.55. The van der Waals surface area contributed by atoms with Gasteiger partial charge >= 0.3 is 0 Å². The van der Waals surface area contributed by atoms with Crippen molar-refractivity contribution in [2.24, 2.45) is 5.92 Å². The van der Waals surface area contributed by atoms with Crippen molar-refractivity contribution in [3.8, 4) is 28.6 Å². The van der Waals surface area contributed by atoms with Crippen LogP contribution in [0, 0.1) is 24.2 Å². The summed E-state index contributed by atoms with van der Waals surface area (Å²) in [5.74, 6) is 0.649. The van der Waals surface area contributed by atoms with Gasteiger partial charge in [0.2, 0.25) is 0 Å². The van der Waals surface area contributed by atoms with Crippen molar-refractivity contribution in [3.05, 3.63) is 90.0 Å². The number of hydrogen-bond donors (Lipinski definition) is 1. The number of pyridine rings is 1. The number of ether oxygens (including phenoxy) is 2. The second-order valence-electron chi connectivity index (χ2n) is 9.19. The highest BCUT2D eigenvalue weighted by Crippen LogP contribution is 2.31. The third kappa shape index (κ3) is 5.37. The van der Waals surface area contributed by atoms with Crippen LogP contribution in [0.25, 0.3) is 16.8 Å². The lowest BCUT2D eigenvalue weighted by Gasteiger charge is -2.26. The smallest absolute Gasteiger partial charge is 0.255 e. The fraction of sp³-hybridized carbons (Fsp3) is 0.241. The molecule has 1 saturated heterocycles. The average molecular weight is 494 g/mol. The van der Waals surface area contributed by atoms with Crippen LogP contribution in [0.5, 0.6) is 5.75 Å². The monoisotopic (exact) mass is 493 g/mol. The van der Waals surface area contributed by atoms with Gasteiger partial charge in [0.1, 0.15) is 5.75 Å². The van der Waals surface area contributed by atoms with Gasteiger partial charge in [0.25, 0.3) is 5.91 Å². The number of aromatic nitrogens is 3. The number of amides is 1. The lowest BCUT2D eigenvalue weighted by atomic mass is 10.0. The molecular weight excluding hydrogens is 466 g/mol. The molecule has 1 aliphatic heterocycles. The zero-order chi connectivity index (χ0) is 25.8. The first-order valence-electron chi connectivity index (χ1n) is 12.1.